The van der Waals surface area contributed by atoms with Crippen LogP contribution in [0.25, 0.3) is 0 Å². The van der Waals surface area contributed by atoms with Crippen LogP contribution in [0.1, 0.15) is 25.3 Å². The van der Waals surface area contributed by atoms with Crippen molar-refractivity contribution in [2.75, 3.05) is 31.1 Å². The van der Waals surface area contributed by atoms with Crippen LogP contribution in [-0.2, 0) is 6.54 Å². The minimum absolute atomic E-state index is 0.154. The SMILES string of the molecule is C=CCNCc1ccc(N2CCC(O)CC2)c(OCC)c1. The lowest BCUT2D eigenvalue weighted by atomic mass is 10.1. The Bertz CT molecular complexity index is 454. The molecule has 21 heavy (non-hydrogen) atoms. The van der Waals surface area contributed by atoms with E-state index in [1.54, 1.807) is 0 Å². The monoisotopic (exact) mass is 290 g/mol. The van der Waals surface area contributed by atoms with Crippen LogP contribution in [0.4, 0.5) is 5.69 Å². The van der Waals surface area contributed by atoms with Gasteiger partial charge < -0.3 is 20.1 Å². The van der Waals surface area contributed by atoms with Crippen LogP contribution in [0.5, 0.6) is 5.75 Å². The Labute approximate surface area is 127 Å². The largest absolute Gasteiger partial charge is 0.492 e. The van der Waals surface area contributed by atoms with Gasteiger partial charge in [-0.05, 0) is 37.5 Å². The summed E-state index contributed by atoms with van der Waals surface area (Å²) in [6.07, 6.45) is 3.36. The van der Waals surface area contributed by atoms with E-state index in [0.717, 1.165) is 50.5 Å². The third-order valence-corrected chi connectivity index (χ3v) is 3.75. The minimum atomic E-state index is -0.154. The Morgan fingerprint density at radius 3 is 2.86 bits per heavy atom. The van der Waals surface area contributed by atoms with E-state index in [4.69, 9.17) is 4.74 Å². The van der Waals surface area contributed by atoms with Crippen molar-refractivity contribution in [3.05, 3.63) is 36.4 Å². The summed E-state index contributed by atoms with van der Waals surface area (Å²) in [6, 6.07) is 6.38. The predicted molar refractivity (Wildman–Crippen MR) is 87.0 cm³/mol. The number of piperidine rings is 1. The van der Waals surface area contributed by atoms with Crippen LogP contribution in [0.3, 0.4) is 0 Å². The molecule has 4 nitrogen and oxygen atoms in total. The van der Waals surface area contributed by atoms with Gasteiger partial charge in [-0.3, -0.25) is 0 Å². The maximum absolute atomic E-state index is 9.64. The molecule has 1 aliphatic heterocycles. The number of nitrogens with one attached hydrogen (secondary N) is 1. The Morgan fingerprint density at radius 1 is 1.43 bits per heavy atom. The number of hydrogen-bond acceptors (Lipinski definition) is 4. The predicted octanol–water partition coefficient (Wildman–Crippen LogP) is 2.32. The van der Waals surface area contributed by atoms with E-state index in [-0.39, 0.29) is 6.10 Å². The molecular weight excluding hydrogens is 264 g/mol. The molecule has 0 aromatic heterocycles. The molecule has 1 heterocycles. The second-order valence-corrected chi connectivity index (χ2v) is 5.37. The van der Waals surface area contributed by atoms with Gasteiger partial charge in [0.15, 0.2) is 0 Å². The number of hydrogen-bond donors (Lipinski definition) is 2. The van der Waals surface area contributed by atoms with Crippen LogP contribution in [0.15, 0.2) is 30.9 Å². The number of anilines is 1. The van der Waals surface area contributed by atoms with Crippen LogP contribution in [0.2, 0.25) is 0 Å². The number of aliphatic hydroxyl groups excluding tert-OH is 1. The highest BCUT2D eigenvalue weighted by Crippen LogP contribution is 2.31. The molecule has 0 amide bonds. The zero-order valence-corrected chi connectivity index (χ0v) is 12.8. The zero-order chi connectivity index (χ0) is 15.1. The van der Waals surface area contributed by atoms with Crippen molar-refractivity contribution in [1.82, 2.24) is 5.32 Å². The van der Waals surface area contributed by atoms with Gasteiger partial charge in [0.05, 0.1) is 18.4 Å². The summed E-state index contributed by atoms with van der Waals surface area (Å²) in [5.74, 6) is 0.937. The van der Waals surface area contributed by atoms with E-state index in [1.807, 2.05) is 13.0 Å². The van der Waals surface area contributed by atoms with Gasteiger partial charge in [-0.1, -0.05) is 12.1 Å². The molecule has 0 bridgehead atoms. The average molecular weight is 290 g/mol. The standard InChI is InChI=1S/C17H26N2O2/c1-3-9-18-13-14-5-6-16(17(12-14)21-4-2)19-10-7-15(20)8-11-19/h3,5-6,12,15,18,20H,1,4,7-11,13H2,2H3. The number of nitrogens with zero attached hydrogens (tertiary/aromatic N) is 1. The molecule has 0 unspecified atom stereocenters. The summed E-state index contributed by atoms with van der Waals surface area (Å²) >= 11 is 0. The smallest absolute Gasteiger partial charge is 0.142 e. The minimum Gasteiger partial charge on any atom is -0.492 e. The molecule has 1 aromatic rings. The van der Waals surface area contributed by atoms with Crippen molar-refractivity contribution in [3.63, 3.8) is 0 Å². The Balaban J connectivity index is 2.10. The summed E-state index contributed by atoms with van der Waals surface area (Å²) in [5.41, 5.74) is 2.34. The maximum atomic E-state index is 9.64. The van der Waals surface area contributed by atoms with E-state index in [2.05, 4.69) is 35.0 Å². The molecule has 1 aromatic carbocycles. The average Bonchev–Trinajstić information content (AvgIpc) is 2.49. The number of benzene rings is 1. The van der Waals surface area contributed by atoms with E-state index in [9.17, 15) is 5.11 Å². The molecule has 0 radical (unpaired) electrons. The second-order valence-electron chi connectivity index (χ2n) is 5.37. The van der Waals surface area contributed by atoms with Gasteiger partial charge in [0.1, 0.15) is 5.75 Å². The van der Waals surface area contributed by atoms with Gasteiger partial charge in [-0.2, -0.15) is 0 Å². The topological polar surface area (TPSA) is 44.7 Å². The molecule has 2 rings (SSSR count). The van der Waals surface area contributed by atoms with E-state index >= 15 is 0 Å². The first-order valence-electron chi connectivity index (χ1n) is 7.75. The molecule has 2 N–H and O–H groups in total. The third kappa shape index (κ3) is 4.48. The lowest BCUT2D eigenvalue weighted by molar-refractivity contribution is 0.145. The van der Waals surface area contributed by atoms with Gasteiger partial charge in [0, 0.05) is 26.2 Å². The highest BCUT2D eigenvalue weighted by molar-refractivity contribution is 5.60. The van der Waals surface area contributed by atoms with E-state index < -0.39 is 0 Å². The van der Waals surface area contributed by atoms with Gasteiger partial charge in [-0.25, -0.2) is 0 Å². The van der Waals surface area contributed by atoms with Gasteiger partial charge in [-0.15, -0.1) is 6.58 Å². The second kappa shape index (κ2) is 8.05. The molecule has 1 aliphatic rings. The molecular formula is C17H26N2O2. The quantitative estimate of drug-likeness (QED) is 0.597. The number of rotatable bonds is 7. The Morgan fingerprint density at radius 2 is 2.19 bits per heavy atom. The van der Waals surface area contributed by atoms with Gasteiger partial charge in [0.2, 0.25) is 0 Å². The first-order valence-corrected chi connectivity index (χ1v) is 7.75. The Kier molecular flexibility index (Phi) is 6.08. The molecule has 0 aliphatic carbocycles. The fraction of sp³-hybridized carbons (Fsp3) is 0.529. The summed E-state index contributed by atoms with van der Waals surface area (Å²) in [6.45, 7) is 9.75. The normalized spacial score (nSPS) is 16.0. The molecule has 0 spiro atoms. The summed E-state index contributed by atoms with van der Waals surface area (Å²) in [5, 5.41) is 12.9. The first kappa shape index (κ1) is 15.9. The van der Waals surface area contributed by atoms with Crippen molar-refractivity contribution in [3.8, 4) is 5.75 Å². The van der Waals surface area contributed by atoms with Crippen molar-refractivity contribution in [2.24, 2.45) is 0 Å². The summed E-state index contributed by atoms with van der Waals surface area (Å²) in [7, 11) is 0. The fourth-order valence-corrected chi connectivity index (χ4v) is 2.63. The lowest BCUT2D eigenvalue weighted by Gasteiger charge is -2.32. The summed E-state index contributed by atoms with van der Waals surface area (Å²) in [4.78, 5) is 2.30. The first-order chi connectivity index (χ1) is 10.2. The summed E-state index contributed by atoms with van der Waals surface area (Å²) < 4.78 is 5.81. The van der Waals surface area contributed by atoms with Gasteiger partial charge in [0.25, 0.3) is 0 Å². The lowest BCUT2D eigenvalue weighted by Crippen LogP contribution is -2.36. The van der Waals surface area contributed by atoms with Crippen molar-refractivity contribution in [1.29, 1.82) is 0 Å². The van der Waals surface area contributed by atoms with Crippen molar-refractivity contribution in [2.45, 2.75) is 32.4 Å². The molecule has 116 valence electrons. The van der Waals surface area contributed by atoms with E-state index in [1.165, 1.54) is 5.56 Å². The molecule has 0 atom stereocenters. The molecule has 1 saturated heterocycles. The number of ether oxygens (including phenoxy) is 1. The molecule has 0 saturated carbocycles. The Hall–Kier alpha value is -1.52. The molecule has 1 fully saturated rings. The van der Waals surface area contributed by atoms with Crippen LogP contribution in [-0.4, -0.2) is 37.5 Å². The van der Waals surface area contributed by atoms with Crippen LogP contribution >= 0.6 is 0 Å². The van der Waals surface area contributed by atoms with Crippen molar-refractivity contribution >= 4 is 5.69 Å². The van der Waals surface area contributed by atoms with Crippen LogP contribution in [0, 0.1) is 0 Å². The van der Waals surface area contributed by atoms with Crippen molar-refractivity contribution < 1.29 is 9.84 Å². The zero-order valence-electron chi connectivity index (χ0n) is 12.8. The maximum Gasteiger partial charge on any atom is 0.142 e. The highest BCUT2D eigenvalue weighted by Gasteiger charge is 2.20. The highest BCUT2D eigenvalue weighted by atomic mass is 16.5. The van der Waals surface area contributed by atoms with Gasteiger partial charge >= 0.3 is 0 Å². The van der Waals surface area contributed by atoms with E-state index in [0.29, 0.717) is 6.61 Å². The van der Waals surface area contributed by atoms with Crippen LogP contribution < -0.4 is 15.0 Å². The number of aliphatic hydroxyl groups is 1. The fourth-order valence-electron chi connectivity index (χ4n) is 2.63. The third-order valence-electron chi connectivity index (χ3n) is 3.75. The molecule has 4 heteroatoms.